The maximum atomic E-state index is 13.3. The number of carboxylic acid groups (broad SMARTS) is 1. The van der Waals surface area contributed by atoms with E-state index in [2.05, 4.69) is 15.2 Å². The van der Waals surface area contributed by atoms with Crippen LogP contribution in [0.1, 0.15) is 19.3 Å². The van der Waals surface area contributed by atoms with Crippen LogP contribution in [0, 0.1) is 5.41 Å². The zero-order valence-corrected chi connectivity index (χ0v) is 16.0. The van der Waals surface area contributed by atoms with E-state index in [-0.39, 0.29) is 5.91 Å². The van der Waals surface area contributed by atoms with Crippen molar-refractivity contribution >= 4 is 40.8 Å². The molecule has 4 rings (SSSR count). The largest absolute Gasteiger partial charge is 0.465 e. The molecule has 2 aliphatic heterocycles. The Balaban J connectivity index is 1.53. The van der Waals surface area contributed by atoms with Gasteiger partial charge in [-0.3, -0.25) is 10.1 Å². The Morgan fingerprint density at radius 3 is 2.71 bits per heavy atom. The molecule has 2 fully saturated rings. The molecule has 0 radical (unpaired) electrons. The fraction of sp³-hybridized carbons (Fsp3) is 0.350. The molecule has 2 amide bonds. The summed E-state index contributed by atoms with van der Waals surface area (Å²) in [4.78, 5) is 32.4. The number of aromatic nitrogens is 1. The van der Waals surface area contributed by atoms with Crippen LogP contribution < -0.4 is 15.1 Å². The molecule has 1 atom stereocenters. The highest BCUT2D eigenvalue weighted by Gasteiger charge is 2.49. The average molecular weight is 401 g/mol. The van der Waals surface area contributed by atoms with Crippen LogP contribution >= 0.6 is 11.6 Å². The number of amides is 2. The van der Waals surface area contributed by atoms with Crippen LogP contribution in [0.5, 0.6) is 0 Å². The Hall–Kier alpha value is -2.80. The van der Waals surface area contributed by atoms with Crippen LogP contribution in [-0.2, 0) is 4.79 Å². The Morgan fingerprint density at radius 2 is 2.00 bits per heavy atom. The van der Waals surface area contributed by atoms with E-state index in [4.69, 9.17) is 16.7 Å². The van der Waals surface area contributed by atoms with Crippen LogP contribution in [0.2, 0.25) is 5.02 Å². The van der Waals surface area contributed by atoms with E-state index in [1.807, 2.05) is 18.2 Å². The van der Waals surface area contributed by atoms with Crippen molar-refractivity contribution in [1.29, 1.82) is 0 Å². The molecule has 0 bridgehead atoms. The summed E-state index contributed by atoms with van der Waals surface area (Å²) in [5.41, 5.74) is 0.757. The molecular formula is C20H21ClN4O3. The number of nitrogens with zero attached hydrogens (tertiary/aromatic N) is 3. The van der Waals surface area contributed by atoms with Crippen molar-refractivity contribution in [3.63, 3.8) is 0 Å². The molecule has 1 unspecified atom stereocenters. The predicted molar refractivity (Wildman–Crippen MR) is 108 cm³/mol. The molecule has 28 heavy (non-hydrogen) atoms. The average Bonchev–Trinajstić information content (AvgIpc) is 2.98. The minimum Gasteiger partial charge on any atom is -0.465 e. The van der Waals surface area contributed by atoms with Crippen molar-refractivity contribution < 1.29 is 14.7 Å². The van der Waals surface area contributed by atoms with E-state index < -0.39 is 11.5 Å². The Labute approximate surface area is 167 Å². The van der Waals surface area contributed by atoms with Gasteiger partial charge in [0.25, 0.3) is 0 Å². The van der Waals surface area contributed by atoms with E-state index in [0.29, 0.717) is 23.8 Å². The van der Waals surface area contributed by atoms with Crippen molar-refractivity contribution in [1.82, 2.24) is 4.98 Å². The molecule has 2 aliphatic rings. The fourth-order valence-corrected chi connectivity index (χ4v) is 4.44. The topological polar surface area (TPSA) is 85.8 Å². The van der Waals surface area contributed by atoms with Crippen LogP contribution in [0.3, 0.4) is 0 Å². The maximum absolute atomic E-state index is 13.3. The molecule has 2 N–H and O–H groups in total. The van der Waals surface area contributed by atoms with Gasteiger partial charge < -0.3 is 14.9 Å². The van der Waals surface area contributed by atoms with Crippen LogP contribution in [0.4, 0.5) is 22.0 Å². The molecule has 1 spiro atoms. The molecule has 3 heterocycles. The van der Waals surface area contributed by atoms with E-state index in [9.17, 15) is 9.59 Å². The van der Waals surface area contributed by atoms with Gasteiger partial charge in [-0.15, -0.1) is 0 Å². The van der Waals surface area contributed by atoms with Crippen molar-refractivity contribution in [2.45, 2.75) is 19.3 Å². The summed E-state index contributed by atoms with van der Waals surface area (Å²) < 4.78 is 0. The standard InChI is InChI=1S/C20H21ClN4O3/c21-15-4-1-2-5-16(15)25-11-9-20(18(25)26)8-3-10-24(13-20)17-7-6-14(12-22-17)23-19(27)28/h1-2,4-7,12,23H,3,8-11,13H2,(H,27,28). The third-order valence-electron chi connectivity index (χ3n) is 5.56. The van der Waals surface area contributed by atoms with Crippen molar-refractivity contribution in [3.05, 3.63) is 47.6 Å². The smallest absolute Gasteiger partial charge is 0.409 e. The first-order chi connectivity index (χ1) is 13.5. The predicted octanol–water partition coefficient (Wildman–Crippen LogP) is 3.85. The van der Waals surface area contributed by atoms with E-state index in [0.717, 1.165) is 37.3 Å². The van der Waals surface area contributed by atoms with Gasteiger partial charge in [0, 0.05) is 19.6 Å². The number of carbonyl (C=O) groups excluding carboxylic acids is 1. The summed E-state index contributed by atoms with van der Waals surface area (Å²) in [6.07, 6.45) is 2.91. The summed E-state index contributed by atoms with van der Waals surface area (Å²) in [7, 11) is 0. The minimum absolute atomic E-state index is 0.120. The van der Waals surface area contributed by atoms with Gasteiger partial charge in [-0.25, -0.2) is 9.78 Å². The zero-order chi connectivity index (χ0) is 19.7. The van der Waals surface area contributed by atoms with Gasteiger partial charge in [0.2, 0.25) is 5.91 Å². The Bertz CT molecular complexity index is 905. The van der Waals surface area contributed by atoms with Gasteiger partial charge in [0.1, 0.15) is 5.82 Å². The third-order valence-corrected chi connectivity index (χ3v) is 5.88. The molecule has 2 saturated heterocycles. The second-order valence-corrected chi connectivity index (χ2v) is 7.71. The number of pyridine rings is 1. The summed E-state index contributed by atoms with van der Waals surface area (Å²) >= 11 is 6.31. The van der Waals surface area contributed by atoms with E-state index in [1.165, 1.54) is 6.20 Å². The number of halogens is 1. The number of anilines is 3. The normalized spacial score (nSPS) is 22.0. The lowest BCUT2D eigenvalue weighted by Crippen LogP contribution is -2.48. The van der Waals surface area contributed by atoms with E-state index >= 15 is 0 Å². The molecule has 7 nitrogen and oxygen atoms in total. The maximum Gasteiger partial charge on any atom is 0.409 e. The second-order valence-electron chi connectivity index (χ2n) is 7.30. The first kappa shape index (κ1) is 18.6. The molecule has 8 heteroatoms. The summed E-state index contributed by atoms with van der Waals surface area (Å²) in [6, 6.07) is 10.9. The lowest BCUT2D eigenvalue weighted by atomic mass is 9.78. The van der Waals surface area contributed by atoms with Crippen molar-refractivity contribution in [2.24, 2.45) is 5.41 Å². The van der Waals surface area contributed by atoms with Crippen molar-refractivity contribution in [3.8, 4) is 0 Å². The van der Waals surface area contributed by atoms with E-state index in [1.54, 1.807) is 23.1 Å². The van der Waals surface area contributed by atoms with Gasteiger partial charge in [-0.1, -0.05) is 23.7 Å². The molecular weight excluding hydrogens is 380 g/mol. The number of hydrogen-bond donors (Lipinski definition) is 2. The first-order valence-electron chi connectivity index (χ1n) is 9.26. The van der Waals surface area contributed by atoms with Crippen molar-refractivity contribution in [2.75, 3.05) is 34.8 Å². The van der Waals surface area contributed by atoms with Gasteiger partial charge in [0.05, 0.1) is 28.0 Å². The summed E-state index contributed by atoms with van der Waals surface area (Å²) in [6.45, 7) is 2.08. The molecule has 0 saturated carbocycles. The summed E-state index contributed by atoms with van der Waals surface area (Å²) in [5.74, 6) is 0.869. The first-order valence-corrected chi connectivity index (χ1v) is 9.64. The monoisotopic (exact) mass is 400 g/mol. The molecule has 0 aliphatic carbocycles. The third kappa shape index (κ3) is 3.38. The van der Waals surface area contributed by atoms with Crippen LogP contribution in [-0.4, -0.2) is 41.7 Å². The van der Waals surface area contributed by atoms with Gasteiger partial charge in [0.15, 0.2) is 0 Å². The number of piperidine rings is 1. The number of rotatable bonds is 3. The number of carbonyl (C=O) groups is 2. The molecule has 1 aromatic heterocycles. The quantitative estimate of drug-likeness (QED) is 0.817. The zero-order valence-electron chi connectivity index (χ0n) is 15.3. The van der Waals surface area contributed by atoms with Gasteiger partial charge in [-0.2, -0.15) is 0 Å². The minimum atomic E-state index is -1.12. The lowest BCUT2D eigenvalue weighted by Gasteiger charge is -2.39. The highest BCUT2D eigenvalue weighted by atomic mass is 35.5. The van der Waals surface area contributed by atoms with Gasteiger partial charge in [-0.05, 0) is 43.5 Å². The molecule has 146 valence electrons. The Morgan fingerprint density at radius 1 is 1.18 bits per heavy atom. The molecule has 2 aromatic rings. The second kappa shape index (κ2) is 7.31. The number of nitrogens with one attached hydrogen (secondary N) is 1. The lowest BCUT2D eigenvalue weighted by molar-refractivity contribution is -0.126. The SMILES string of the molecule is O=C(O)Nc1ccc(N2CCCC3(CCN(c4ccccc4Cl)C3=O)C2)nc1. The van der Waals surface area contributed by atoms with Crippen LogP contribution in [0.25, 0.3) is 0 Å². The number of para-hydroxylation sites is 1. The highest BCUT2D eigenvalue weighted by Crippen LogP contribution is 2.43. The van der Waals surface area contributed by atoms with Crippen LogP contribution in [0.15, 0.2) is 42.6 Å². The number of hydrogen-bond acceptors (Lipinski definition) is 4. The fourth-order valence-electron chi connectivity index (χ4n) is 4.20. The Kier molecular flexibility index (Phi) is 4.85. The highest BCUT2D eigenvalue weighted by molar-refractivity contribution is 6.34. The summed E-state index contributed by atoms with van der Waals surface area (Å²) in [5, 5.41) is 11.7. The van der Waals surface area contributed by atoms with Gasteiger partial charge >= 0.3 is 6.09 Å². The molecule has 1 aromatic carbocycles. The number of benzene rings is 1.